The van der Waals surface area contributed by atoms with Crippen molar-refractivity contribution >= 4 is 21.6 Å². The standard InChI is InChI=1S/C18H22FN3O3S/c1-22(2)12-6-11-20-26(24,25)15-8-5-7-14(13-15)18(23)21-17-10-4-3-9-16(17)19/h3-5,7-10,13,20H,6,11-12H2,1-2H3,(H,21,23). The van der Waals surface area contributed by atoms with Gasteiger partial charge in [-0.25, -0.2) is 17.5 Å². The second-order valence-electron chi connectivity index (χ2n) is 6.02. The summed E-state index contributed by atoms with van der Waals surface area (Å²) in [5.74, 6) is -1.15. The monoisotopic (exact) mass is 379 g/mol. The molecule has 2 rings (SSSR count). The zero-order valence-corrected chi connectivity index (χ0v) is 15.5. The third-order valence-corrected chi connectivity index (χ3v) is 5.06. The first-order chi connectivity index (χ1) is 12.3. The highest BCUT2D eigenvalue weighted by molar-refractivity contribution is 7.89. The molecule has 26 heavy (non-hydrogen) atoms. The van der Waals surface area contributed by atoms with E-state index in [2.05, 4.69) is 10.0 Å². The van der Waals surface area contributed by atoms with Crippen LogP contribution in [0.15, 0.2) is 53.4 Å². The quantitative estimate of drug-likeness (QED) is 0.690. The molecule has 1 amide bonds. The molecule has 0 aliphatic heterocycles. The highest BCUT2D eigenvalue weighted by Gasteiger charge is 2.16. The van der Waals surface area contributed by atoms with E-state index >= 15 is 0 Å². The number of nitrogens with zero attached hydrogens (tertiary/aromatic N) is 1. The molecule has 0 aliphatic carbocycles. The minimum atomic E-state index is -3.72. The van der Waals surface area contributed by atoms with Crippen LogP contribution in [0.3, 0.4) is 0 Å². The first-order valence-corrected chi connectivity index (χ1v) is 9.58. The van der Waals surface area contributed by atoms with Crippen molar-refractivity contribution < 1.29 is 17.6 Å². The molecule has 8 heteroatoms. The van der Waals surface area contributed by atoms with Crippen LogP contribution in [0.4, 0.5) is 10.1 Å². The number of halogens is 1. The summed E-state index contributed by atoms with van der Waals surface area (Å²) < 4.78 is 40.8. The molecule has 0 bridgehead atoms. The van der Waals surface area contributed by atoms with E-state index in [0.29, 0.717) is 13.0 Å². The van der Waals surface area contributed by atoms with E-state index < -0.39 is 21.7 Å². The van der Waals surface area contributed by atoms with Gasteiger partial charge in [-0.2, -0.15) is 0 Å². The van der Waals surface area contributed by atoms with Gasteiger partial charge in [-0.15, -0.1) is 0 Å². The number of rotatable bonds is 8. The number of anilines is 1. The van der Waals surface area contributed by atoms with Crippen molar-refractivity contribution in [2.45, 2.75) is 11.3 Å². The van der Waals surface area contributed by atoms with E-state index in [4.69, 9.17) is 0 Å². The molecule has 0 saturated heterocycles. The Bertz CT molecular complexity index is 869. The molecule has 0 atom stereocenters. The second-order valence-corrected chi connectivity index (χ2v) is 7.78. The van der Waals surface area contributed by atoms with Crippen molar-refractivity contribution in [3.8, 4) is 0 Å². The van der Waals surface area contributed by atoms with Gasteiger partial charge in [0.2, 0.25) is 10.0 Å². The van der Waals surface area contributed by atoms with Crippen molar-refractivity contribution in [3.63, 3.8) is 0 Å². The second kappa shape index (κ2) is 8.88. The molecule has 0 unspecified atom stereocenters. The third-order valence-electron chi connectivity index (χ3n) is 3.60. The lowest BCUT2D eigenvalue weighted by Crippen LogP contribution is -2.27. The van der Waals surface area contributed by atoms with E-state index in [-0.39, 0.29) is 16.1 Å². The molecule has 0 radical (unpaired) electrons. The number of para-hydroxylation sites is 1. The van der Waals surface area contributed by atoms with Gasteiger partial charge in [0, 0.05) is 12.1 Å². The predicted octanol–water partition coefficient (Wildman–Crippen LogP) is 2.31. The lowest BCUT2D eigenvalue weighted by Gasteiger charge is -2.11. The Labute approximate surface area is 153 Å². The van der Waals surface area contributed by atoms with Crippen LogP contribution in [0.2, 0.25) is 0 Å². The topological polar surface area (TPSA) is 78.5 Å². The average Bonchev–Trinajstić information content (AvgIpc) is 2.61. The first-order valence-electron chi connectivity index (χ1n) is 8.10. The fourth-order valence-electron chi connectivity index (χ4n) is 2.25. The predicted molar refractivity (Wildman–Crippen MR) is 99.2 cm³/mol. The minimum Gasteiger partial charge on any atom is -0.319 e. The number of amides is 1. The summed E-state index contributed by atoms with van der Waals surface area (Å²) in [5, 5.41) is 2.44. The van der Waals surface area contributed by atoms with Gasteiger partial charge in [0.25, 0.3) is 5.91 Å². The number of hydrogen-bond acceptors (Lipinski definition) is 4. The van der Waals surface area contributed by atoms with Crippen LogP contribution < -0.4 is 10.0 Å². The van der Waals surface area contributed by atoms with Crippen LogP contribution in [0.25, 0.3) is 0 Å². The SMILES string of the molecule is CN(C)CCCNS(=O)(=O)c1cccc(C(=O)Nc2ccccc2F)c1. The lowest BCUT2D eigenvalue weighted by atomic mass is 10.2. The number of nitrogens with one attached hydrogen (secondary N) is 2. The Morgan fingerprint density at radius 2 is 1.85 bits per heavy atom. The maximum atomic E-state index is 13.6. The molecule has 0 saturated carbocycles. The highest BCUT2D eigenvalue weighted by atomic mass is 32.2. The largest absolute Gasteiger partial charge is 0.319 e. The number of hydrogen-bond donors (Lipinski definition) is 2. The summed E-state index contributed by atoms with van der Waals surface area (Å²) in [7, 11) is 0.0999. The van der Waals surface area contributed by atoms with Crippen LogP contribution in [-0.4, -0.2) is 46.4 Å². The summed E-state index contributed by atoms with van der Waals surface area (Å²) in [4.78, 5) is 14.2. The molecule has 0 spiro atoms. The highest BCUT2D eigenvalue weighted by Crippen LogP contribution is 2.16. The van der Waals surface area contributed by atoms with E-state index in [0.717, 1.165) is 6.54 Å². The van der Waals surface area contributed by atoms with Crippen molar-refractivity contribution in [2.75, 3.05) is 32.5 Å². The Morgan fingerprint density at radius 3 is 2.54 bits per heavy atom. The number of benzene rings is 2. The van der Waals surface area contributed by atoms with Gasteiger partial charge < -0.3 is 10.2 Å². The average molecular weight is 379 g/mol. The smallest absolute Gasteiger partial charge is 0.255 e. The number of carbonyl (C=O) groups excluding carboxylic acids is 1. The van der Waals surface area contributed by atoms with Crippen LogP contribution in [0.1, 0.15) is 16.8 Å². The van der Waals surface area contributed by atoms with Crippen LogP contribution in [-0.2, 0) is 10.0 Å². The molecule has 0 fully saturated rings. The number of sulfonamides is 1. The Balaban J connectivity index is 2.09. The van der Waals surface area contributed by atoms with Crippen molar-refractivity contribution in [1.29, 1.82) is 0 Å². The molecular formula is C18H22FN3O3S. The van der Waals surface area contributed by atoms with Gasteiger partial charge in [0.15, 0.2) is 0 Å². The van der Waals surface area contributed by atoms with Crippen LogP contribution in [0.5, 0.6) is 0 Å². The van der Waals surface area contributed by atoms with Crippen molar-refractivity contribution in [1.82, 2.24) is 9.62 Å². The summed E-state index contributed by atoms with van der Waals surface area (Å²) in [6, 6.07) is 11.4. The van der Waals surface area contributed by atoms with E-state index in [9.17, 15) is 17.6 Å². The van der Waals surface area contributed by atoms with E-state index in [1.807, 2.05) is 19.0 Å². The molecule has 2 N–H and O–H groups in total. The van der Waals surface area contributed by atoms with Gasteiger partial charge >= 0.3 is 0 Å². The van der Waals surface area contributed by atoms with Gasteiger partial charge in [0.05, 0.1) is 10.6 Å². The zero-order valence-electron chi connectivity index (χ0n) is 14.7. The fraction of sp³-hybridized carbons (Fsp3) is 0.278. The zero-order chi connectivity index (χ0) is 19.2. The Morgan fingerprint density at radius 1 is 1.12 bits per heavy atom. The Kier molecular flexibility index (Phi) is 6.84. The fourth-order valence-corrected chi connectivity index (χ4v) is 3.37. The molecule has 0 aromatic heterocycles. The molecule has 0 aliphatic rings. The van der Waals surface area contributed by atoms with Crippen molar-refractivity contribution in [3.05, 3.63) is 59.9 Å². The summed E-state index contributed by atoms with van der Waals surface area (Å²) in [6.45, 7) is 1.06. The summed E-state index contributed by atoms with van der Waals surface area (Å²) in [6.07, 6.45) is 0.666. The number of carbonyl (C=O) groups is 1. The molecule has 6 nitrogen and oxygen atoms in total. The summed E-state index contributed by atoms with van der Waals surface area (Å²) >= 11 is 0. The van der Waals surface area contributed by atoms with E-state index in [1.165, 1.54) is 42.5 Å². The third kappa shape index (κ3) is 5.62. The maximum Gasteiger partial charge on any atom is 0.255 e. The van der Waals surface area contributed by atoms with E-state index in [1.54, 1.807) is 6.07 Å². The molecule has 2 aromatic carbocycles. The minimum absolute atomic E-state index is 0.0106. The molecular weight excluding hydrogens is 357 g/mol. The Hall–Kier alpha value is -2.29. The van der Waals surface area contributed by atoms with Crippen LogP contribution >= 0.6 is 0 Å². The maximum absolute atomic E-state index is 13.6. The van der Waals surface area contributed by atoms with Gasteiger partial charge in [-0.3, -0.25) is 4.79 Å². The van der Waals surface area contributed by atoms with Crippen LogP contribution in [0, 0.1) is 5.82 Å². The van der Waals surface area contributed by atoms with Gasteiger partial charge in [-0.05, 0) is 57.4 Å². The van der Waals surface area contributed by atoms with Gasteiger partial charge in [0.1, 0.15) is 5.82 Å². The molecule has 2 aromatic rings. The molecule has 0 heterocycles. The first kappa shape index (κ1) is 20.0. The lowest BCUT2D eigenvalue weighted by molar-refractivity contribution is 0.102. The summed E-state index contributed by atoms with van der Waals surface area (Å²) in [5.41, 5.74) is 0.164. The normalized spacial score (nSPS) is 11.5. The molecule has 140 valence electrons. The van der Waals surface area contributed by atoms with Crippen molar-refractivity contribution in [2.24, 2.45) is 0 Å². The van der Waals surface area contributed by atoms with Gasteiger partial charge in [-0.1, -0.05) is 18.2 Å².